The number of hydrogen-bond acceptors (Lipinski definition) is 11. The van der Waals surface area contributed by atoms with Crippen molar-refractivity contribution in [2.75, 3.05) is 0 Å². The van der Waals surface area contributed by atoms with Gasteiger partial charge in [-0.15, -0.1) is 0 Å². The van der Waals surface area contributed by atoms with Crippen LogP contribution in [-0.2, 0) is 38.1 Å². The average molecular weight is 876 g/mol. The van der Waals surface area contributed by atoms with Crippen LogP contribution < -0.4 is 16.0 Å². The lowest BCUT2D eigenvalue weighted by Gasteiger charge is -2.47. The highest BCUT2D eigenvalue weighted by Crippen LogP contribution is 2.37. The second-order valence-electron chi connectivity index (χ2n) is 23.7. The number of hydrogen-bond donors (Lipinski definition) is 3. The number of rotatable bonds is 25. The van der Waals surface area contributed by atoms with Crippen LogP contribution in [0.25, 0.3) is 0 Å². The summed E-state index contributed by atoms with van der Waals surface area (Å²) in [4.78, 5) is 57.1. The van der Waals surface area contributed by atoms with Crippen molar-refractivity contribution in [3.8, 4) is 0 Å². The predicted octanol–water partition coefficient (Wildman–Crippen LogP) is 10.9. The summed E-state index contributed by atoms with van der Waals surface area (Å²) in [6.45, 7) is 27.0. The van der Waals surface area contributed by atoms with E-state index >= 15 is 0 Å². The quantitative estimate of drug-likeness (QED) is 0.0458. The van der Waals surface area contributed by atoms with Crippen LogP contribution in [0.2, 0.25) is 0 Å². The van der Waals surface area contributed by atoms with Gasteiger partial charge in [0.25, 0.3) is 0 Å². The number of carbonyl (C=O) groups is 4. The Morgan fingerprint density at radius 1 is 0.419 bits per heavy atom. The Hall–Kier alpha value is -2.24. The van der Waals surface area contributed by atoms with Crippen LogP contribution in [0.15, 0.2) is 0 Å². The molecule has 360 valence electrons. The number of esters is 4. The first kappa shape index (κ1) is 54.1. The fourth-order valence-corrected chi connectivity index (χ4v) is 11.3. The topological polar surface area (TPSA) is 141 Å². The van der Waals surface area contributed by atoms with E-state index in [1.807, 2.05) is 0 Å². The van der Waals surface area contributed by atoms with Gasteiger partial charge in [0.15, 0.2) is 0 Å². The Bertz CT molecular complexity index is 1330. The maximum atomic E-state index is 14.8. The molecule has 0 radical (unpaired) electrons. The SMILES string of the molecule is CCCCCCCCCCCCCCCCCC(=O)OC(CC(=O)OC1CC(C)(C)NC(C)(C)C1)(CC(=O)OC1CC(C)(C)NC(C)(C)C1)C(=O)OC1CC(C)(C)NC(C)(C)C1. The molecule has 0 aromatic rings. The van der Waals surface area contributed by atoms with Gasteiger partial charge in [-0.2, -0.15) is 0 Å². The monoisotopic (exact) mass is 876 g/mol. The zero-order valence-corrected chi connectivity index (χ0v) is 42.0. The molecular weight excluding hydrogens is 783 g/mol. The summed E-state index contributed by atoms with van der Waals surface area (Å²) in [5, 5.41) is 10.8. The molecule has 11 nitrogen and oxygen atoms in total. The van der Waals surface area contributed by atoms with Crippen molar-refractivity contribution in [1.29, 1.82) is 0 Å². The molecule has 0 bridgehead atoms. The molecule has 3 N–H and O–H groups in total. The zero-order valence-electron chi connectivity index (χ0n) is 42.0. The minimum Gasteiger partial charge on any atom is -0.462 e. The van der Waals surface area contributed by atoms with Gasteiger partial charge in [0, 0.05) is 78.2 Å². The van der Waals surface area contributed by atoms with Gasteiger partial charge >= 0.3 is 23.9 Å². The molecular formula is C51H93N3O8. The summed E-state index contributed by atoms with van der Waals surface area (Å²) in [5.74, 6) is -2.99. The smallest absolute Gasteiger partial charge is 0.352 e. The van der Waals surface area contributed by atoms with Gasteiger partial charge in [0.2, 0.25) is 5.60 Å². The van der Waals surface area contributed by atoms with Gasteiger partial charge < -0.3 is 34.9 Å². The third kappa shape index (κ3) is 20.3. The zero-order chi connectivity index (χ0) is 46.5. The fourth-order valence-electron chi connectivity index (χ4n) is 11.3. The van der Waals surface area contributed by atoms with Crippen molar-refractivity contribution in [1.82, 2.24) is 16.0 Å². The molecule has 0 aromatic carbocycles. The van der Waals surface area contributed by atoms with E-state index in [2.05, 4.69) is 106 Å². The Kier molecular flexibility index (Phi) is 20.3. The highest BCUT2D eigenvalue weighted by atomic mass is 16.6. The van der Waals surface area contributed by atoms with E-state index in [0.717, 1.165) is 19.3 Å². The first-order valence-corrected chi connectivity index (χ1v) is 24.8. The number of piperidine rings is 3. The standard InChI is InChI=1S/C51H93N3O8/c1-14-15-16-17-18-19-20-21-22-23-24-25-26-27-28-29-41(55)62-51(44(58)61-40-34-49(10,11)54-50(12,13)35-40,36-42(56)59-38-30-45(2,3)52-46(4,5)31-38)37-43(57)60-39-32-47(6,7)53-48(8,9)33-39/h38-40,52-54H,14-37H2,1-13H3. The molecule has 0 saturated carbocycles. The van der Waals surface area contributed by atoms with Crippen molar-refractivity contribution in [3.05, 3.63) is 0 Å². The maximum Gasteiger partial charge on any atom is 0.352 e. The van der Waals surface area contributed by atoms with Crippen LogP contribution in [0.3, 0.4) is 0 Å². The third-order valence-electron chi connectivity index (χ3n) is 12.9. The van der Waals surface area contributed by atoms with E-state index in [-0.39, 0.29) is 39.7 Å². The summed E-state index contributed by atoms with van der Waals surface area (Å²) in [5.41, 5.74) is -4.22. The number of unbranched alkanes of at least 4 members (excludes halogenated alkanes) is 14. The fraction of sp³-hybridized carbons (Fsp3) is 0.922. The summed E-state index contributed by atoms with van der Waals surface area (Å²) >= 11 is 0. The second-order valence-corrected chi connectivity index (χ2v) is 23.7. The molecule has 3 fully saturated rings. The van der Waals surface area contributed by atoms with Crippen LogP contribution >= 0.6 is 0 Å². The number of carbonyl (C=O) groups excluding carboxylic acids is 4. The molecule has 62 heavy (non-hydrogen) atoms. The van der Waals surface area contributed by atoms with Gasteiger partial charge in [-0.3, -0.25) is 14.4 Å². The van der Waals surface area contributed by atoms with Gasteiger partial charge in [0.1, 0.15) is 18.3 Å². The molecule has 3 aliphatic heterocycles. The van der Waals surface area contributed by atoms with E-state index in [4.69, 9.17) is 18.9 Å². The minimum atomic E-state index is -2.27. The van der Waals surface area contributed by atoms with Gasteiger partial charge in [-0.1, -0.05) is 96.8 Å². The van der Waals surface area contributed by atoms with Crippen molar-refractivity contribution in [2.24, 2.45) is 0 Å². The van der Waals surface area contributed by atoms with Gasteiger partial charge in [-0.25, -0.2) is 4.79 Å². The lowest BCUT2D eigenvalue weighted by Crippen LogP contribution is -2.61. The lowest BCUT2D eigenvalue weighted by atomic mass is 9.80. The van der Waals surface area contributed by atoms with Crippen LogP contribution in [0, 0.1) is 0 Å². The highest BCUT2D eigenvalue weighted by Gasteiger charge is 2.52. The molecule has 3 heterocycles. The van der Waals surface area contributed by atoms with E-state index in [1.54, 1.807) is 0 Å². The predicted molar refractivity (Wildman–Crippen MR) is 249 cm³/mol. The van der Waals surface area contributed by atoms with Crippen LogP contribution in [0.1, 0.15) is 244 Å². The number of nitrogens with one attached hydrogen (secondary N) is 3. The maximum absolute atomic E-state index is 14.8. The van der Waals surface area contributed by atoms with Crippen molar-refractivity contribution < 1.29 is 38.1 Å². The molecule has 3 saturated heterocycles. The molecule has 0 aliphatic carbocycles. The van der Waals surface area contributed by atoms with Crippen molar-refractivity contribution in [2.45, 2.75) is 301 Å². The highest BCUT2D eigenvalue weighted by molar-refractivity contribution is 5.92. The van der Waals surface area contributed by atoms with Crippen LogP contribution in [-0.4, -0.2) is 81.0 Å². The van der Waals surface area contributed by atoms with E-state index in [1.165, 1.54) is 70.6 Å². The van der Waals surface area contributed by atoms with E-state index in [0.29, 0.717) is 44.9 Å². The Morgan fingerprint density at radius 2 is 0.694 bits per heavy atom. The van der Waals surface area contributed by atoms with Crippen molar-refractivity contribution >= 4 is 23.9 Å². The Balaban J connectivity index is 1.77. The first-order valence-electron chi connectivity index (χ1n) is 24.8. The van der Waals surface area contributed by atoms with E-state index < -0.39 is 60.6 Å². The largest absolute Gasteiger partial charge is 0.462 e. The minimum absolute atomic E-state index is 0.0537. The van der Waals surface area contributed by atoms with Gasteiger partial charge in [0.05, 0.1) is 12.8 Å². The average Bonchev–Trinajstić information content (AvgIpc) is 3.05. The van der Waals surface area contributed by atoms with Gasteiger partial charge in [-0.05, 0) is 89.5 Å². The van der Waals surface area contributed by atoms with Crippen LogP contribution in [0.4, 0.5) is 0 Å². The van der Waals surface area contributed by atoms with E-state index in [9.17, 15) is 19.2 Å². The summed E-state index contributed by atoms with van der Waals surface area (Å²) < 4.78 is 24.7. The number of ether oxygens (including phenoxy) is 4. The molecule has 0 amide bonds. The summed E-state index contributed by atoms with van der Waals surface area (Å²) in [7, 11) is 0. The molecule has 11 heteroatoms. The molecule has 0 atom stereocenters. The molecule has 0 unspecified atom stereocenters. The molecule has 3 aliphatic rings. The molecule has 0 spiro atoms. The summed E-state index contributed by atoms with van der Waals surface area (Å²) in [6.07, 6.45) is 18.5. The third-order valence-corrected chi connectivity index (χ3v) is 12.9. The first-order chi connectivity index (χ1) is 28.6. The van der Waals surface area contributed by atoms with Crippen LogP contribution in [0.5, 0.6) is 0 Å². The molecule has 3 rings (SSSR count). The molecule has 0 aromatic heterocycles. The Morgan fingerprint density at radius 3 is 1.00 bits per heavy atom. The lowest BCUT2D eigenvalue weighted by molar-refractivity contribution is -0.199. The summed E-state index contributed by atoms with van der Waals surface area (Å²) in [6, 6.07) is 0. The van der Waals surface area contributed by atoms with Crippen molar-refractivity contribution in [3.63, 3.8) is 0 Å². The normalized spacial score (nSPS) is 22.1. The Labute approximate surface area is 378 Å². The second kappa shape index (κ2) is 23.3.